The second kappa shape index (κ2) is 6.99. The van der Waals surface area contributed by atoms with Gasteiger partial charge in [-0.3, -0.25) is 0 Å². The lowest BCUT2D eigenvalue weighted by molar-refractivity contribution is 0.352. The number of hydrogen-bond acceptors (Lipinski definition) is 3. The molecule has 0 aromatic heterocycles. The molecule has 20 heavy (non-hydrogen) atoms. The van der Waals surface area contributed by atoms with Gasteiger partial charge >= 0.3 is 0 Å². The molecule has 2 aromatic rings. The fourth-order valence-electron chi connectivity index (χ4n) is 1.94. The van der Waals surface area contributed by atoms with Gasteiger partial charge in [0.2, 0.25) is 0 Å². The van der Waals surface area contributed by atoms with Crippen molar-refractivity contribution < 1.29 is 9.47 Å². The summed E-state index contributed by atoms with van der Waals surface area (Å²) in [6.45, 7) is 0.640. The Kier molecular flexibility index (Phi) is 5.31. The number of para-hydroxylation sites is 2. The Balaban J connectivity index is 2.23. The Morgan fingerprint density at radius 1 is 0.950 bits per heavy atom. The average molecular weight is 401 g/mol. The Hall–Kier alpha value is -1.20. The number of methoxy groups -OCH3 is 2. The molecule has 1 N–H and O–H groups in total. The molecular weight excluding hydrogens is 386 g/mol. The van der Waals surface area contributed by atoms with Crippen LogP contribution in [0.2, 0.25) is 0 Å². The molecule has 0 aliphatic carbocycles. The van der Waals surface area contributed by atoms with Gasteiger partial charge in [-0.05, 0) is 50.1 Å². The maximum Gasteiger partial charge on any atom is 0.165 e. The van der Waals surface area contributed by atoms with E-state index in [4.69, 9.17) is 9.47 Å². The number of benzene rings is 2. The maximum atomic E-state index is 5.43. The van der Waals surface area contributed by atoms with E-state index in [-0.39, 0.29) is 0 Å². The fraction of sp³-hybridized carbons (Fsp3) is 0.200. The van der Waals surface area contributed by atoms with Crippen LogP contribution in [0.3, 0.4) is 0 Å². The van der Waals surface area contributed by atoms with Crippen molar-refractivity contribution in [2.75, 3.05) is 19.5 Å². The molecule has 0 bridgehead atoms. The minimum absolute atomic E-state index is 0.640. The summed E-state index contributed by atoms with van der Waals surface area (Å²) < 4.78 is 12.7. The first kappa shape index (κ1) is 15.2. The molecule has 0 fully saturated rings. The summed E-state index contributed by atoms with van der Waals surface area (Å²) in [4.78, 5) is 0. The van der Waals surface area contributed by atoms with Crippen LogP contribution in [0.1, 0.15) is 5.56 Å². The highest BCUT2D eigenvalue weighted by atomic mass is 79.9. The molecule has 0 amide bonds. The number of rotatable bonds is 5. The van der Waals surface area contributed by atoms with Crippen molar-refractivity contribution >= 4 is 37.5 Å². The van der Waals surface area contributed by atoms with Crippen LogP contribution in [0.5, 0.6) is 11.5 Å². The number of halogens is 2. The number of ether oxygens (including phenoxy) is 2. The third kappa shape index (κ3) is 3.27. The second-order valence-corrected chi connectivity index (χ2v) is 5.81. The van der Waals surface area contributed by atoms with E-state index < -0.39 is 0 Å². The van der Waals surface area contributed by atoms with E-state index in [1.807, 2.05) is 36.4 Å². The summed E-state index contributed by atoms with van der Waals surface area (Å²) in [5, 5.41) is 3.39. The van der Waals surface area contributed by atoms with Gasteiger partial charge in [0.05, 0.1) is 19.9 Å². The van der Waals surface area contributed by atoms with Gasteiger partial charge < -0.3 is 14.8 Å². The Morgan fingerprint density at radius 2 is 1.60 bits per heavy atom. The van der Waals surface area contributed by atoms with Gasteiger partial charge in [0.15, 0.2) is 11.5 Å². The van der Waals surface area contributed by atoms with Crippen molar-refractivity contribution in [1.82, 2.24) is 0 Å². The van der Waals surface area contributed by atoms with Crippen LogP contribution >= 0.6 is 31.9 Å². The molecule has 0 aliphatic rings. The second-order valence-electron chi connectivity index (χ2n) is 4.10. The lowest BCUT2D eigenvalue weighted by Gasteiger charge is -2.15. The van der Waals surface area contributed by atoms with E-state index in [1.165, 1.54) is 0 Å². The summed E-state index contributed by atoms with van der Waals surface area (Å²) in [5.41, 5.74) is 2.05. The summed E-state index contributed by atoms with van der Waals surface area (Å²) in [6, 6.07) is 11.8. The zero-order chi connectivity index (χ0) is 14.5. The van der Waals surface area contributed by atoms with Crippen molar-refractivity contribution in [2.24, 2.45) is 0 Å². The van der Waals surface area contributed by atoms with E-state index in [2.05, 4.69) is 37.2 Å². The number of anilines is 1. The van der Waals surface area contributed by atoms with Crippen LogP contribution in [0.15, 0.2) is 45.3 Å². The predicted molar refractivity (Wildman–Crippen MR) is 88.7 cm³/mol. The van der Waals surface area contributed by atoms with Gasteiger partial charge in [-0.1, -0.05) is 18.2 Å². The van der Waals surface area contributed by atoms with Gasteiger partial charge in [0.1, 0.15) is 0 Å². The zero-order valence-corrected chi connectivity index (χ0v) is 14.4. The van der Waals surface area contributed by atoms with E-state index >= 15 is 0 Å². The maximum absolute atomic E-state index is 5.43. The van der Waals surface area contributed by atoms with Gasteiger partial charge in [-0.25, -0.2) is 0 Å². The molecular formula is C15H15Br2NO2. The fourth-order valence-corrected chi connectivity index (χ4v) is 3.22. The first-order valence-electron chi connectivity index (χ1n) is 6.05. The van der Waals surface area contributed by atoms with Crippen LogP contribution in [0.4, 0.5) is 5.69 Å². The Labute approximate surface area is 135 Å². The summed E-state index contributed by atoms with van der Waals surface area (Å²) in [6.07, 6.45) is 0. The normalized spacial score (nSPS) is 10.2. The van der Waals surface area contributed by atoms with Crippen molar-refractivity contribution in [1.29, 1.82) is 0 Å². The van der Waals surface area contributed by atoms with Crippen molar-refractivity contribution in [3.8, 4) is 11.5 Å². The zero-order valence-electron chi connectivity index (χ0n) is 11.2. The molecule has 2 aromatic carbocycles. The van der Waals surface area contributed by atoms with Crippen LogP contribution < -0.4 is 14.8 Å². The van der Waals surface area contributed by atoms with Crippen molar-refractivity contribution in [3.05, 3.63) is 50.9 Å². The summed E-state index contributed by atoms with van der Waals surface area (Å²) >= 11 is 7.07. The molecule has 0 saturated heterocycles. The van der Waals surface area contributed by atoms with Crippen molar-refractivity contribution in [3.63, 3.8) is 0 Å². The minimum atomic E-state index is 0.640. The number of hydrogen-bond donors (Lipinski definition) is 1. The Bertz CT molecular complexity index is 582. The van der Waals surface area contributed by atoms with Gasteiger partial charge in [0.25, 0.3) is 0 Å². The molecule has 0 aliphatic heterocycles. The quantitative estimate of drug-likeness (QED) is 0.778. The molecule has 0 heterocycles. The van der Waals surface area contributed by atoms with Crippen LogP contribution in [-0.2, 0) is 6.54 Å². The Morgan fingerprint density at radius 3 is 2.20 bits per heavy atom. The summed E-state index contributed by atoms with van der Waals surface area (Å²) in [5.74, 6) is 1.49. The highest BCUT2D eigenvalue weighted by Crippen LogP contribution is 2.34. The summed E-state index contributed by atoms with van der Waals surface area (Å²) in [7, 11) is 3.29. The first-order valence-corrected chi connectivity index (χ1v) is 7.63. The average Bonchev–Trinajstić information content (AvgIpc) is 2.46. The van der Waals surface area contributed by atoms with E-state index in [1.54, 1.807) is 14.2 Å². The van der Waals surface area contributed by atoms with E-state index in [9.17, 15) is 0 Å². The van der Waals surface area contributed by atoms with E-state index in [0.29, 0.717) is 6.54 Å². The molecule has 0 saturated carbocycles. The smallest absolute Gasteiger partial charge is 0.165 e. The van der Waals surface area contributed by atoms with Gasteiger partial charge in [-0.2, -0.15) is 0 Å². The third-order valence-corrected chi connectivity index (χ3v) is 4.22. The standard InChI is InChI=1S/C15H15Br2NO2/c1-19-13-8-3-5-10(15(13)20-2)9-18-14-11(16)6-4-7-12(14)17/h3-8,18H,9H2,1-2H3. The minimum Gasteiger partial charge on any atom is -0.493 e. The lowest BCUT2D eigenvalue weighted by Crippen LogP contribution is -2.04. The monoisotopic (exact) mass is 399 g/mol. The molecule has 0 atom stereocenters. The highest BCUT2D eigenvalue weighted by molar-refractivity contribution is 9.11. The molecule has 0 unspecified atom stereocenters. The SMILES string of the molecule is COc1cccc(CNc2c(Br)cccc2Br)c1OC. The van der Waals surface area contributed by atoms with Gasteiger partial charge in [-0.15, -0.1) is 0 Å². The predicted octanol–water partition coefficient (Wildman–Crippen LogP) is 4.84. The van der Waals surface area contributed by atoms with Crippen LogP contribution in [0, 0.1) is 0 Å². The number of nitrogens with one attached hydrogen (secondary N) is 1. The molecule has 5 heteroatoms. The van der Waals surface area contributed by atoms with E-state index in [0.717, 1.165) is 31.7 Å². The molecule has 0 radical (unpaired) electrons. The first-order chi connectivity index (χ1) is 9.67. The third-order valence-electron chi connectivity index (χ3n) is 2.90. The molecule has 106 valence electrons. The molecule has 3 nitrogen and oxygen atoms in total. The van der Waals surface area contributed by atoms with Crippen molar-refractivity contribution in [2.45, 2.75) is 6.54 Å². The van der Waals surface area contributed by atoms with Gasteiger partial charge in [0, 0.05) is 21.1 Å². The van der Waals surface area contributed by atoms with Crippen LogP contribution in [-0.4, -0.2) is 14.2 Å². The largest absolute Gasteiger partial charge is 0.493 e. The highest BCUT2D eigenvalue weighted by Gasteiger charge is 2.10. The molecule has 0 spiro atoms. The lowest BCUT2D eigenvalue weighted by atomic mass is 10.1. The molecule has 2 rings (SSSR count). The van der Waals surface area contributed by atoms with Crippen LogP contribution in [0.25, 0.3) is 0 Å². The topological polar surface area (TPSA) is 30.5 Å².